The largest absolute Gasteiger partial charge is 0.489 e. The van der Waals surface area contributed by atoms with Crippen molar-refractivity contribution in [1.29, 1.82) is 0 Å². The summed E-state index contributed by atoms with van der Waals surface area (Å²) in [6, 6.07) is 17.4. The zero-order valence-corrected chi connectivity index (χ0v) is 16.4. The quantitative estimate of drug-likeness (QED) is 0.558. The minimum Gasteiger partial charge on any atom is -0.489 e. The Labute approximate surface area is 164 Å². The molecule has 0 saturated carbocycles. The third-order valence-corrected chi connectivity index (χ3v) is 3.98. The van der Waals surface area contributed by atoms with Gasteiger partial charge in [0.25, 0.3) is 0 Å². The lowest BCUT2D eigenvalue weighted by molar-refractivity contribution is 0.244. The molecule has 1 heterocycles. The summed E-state index contributed by atoms with van der Waals surface area (Å²) in [6.07, 6.45) is 0.0942. The number of para-hydroxylation sites is 2. The van der Waals surface area contributed by atoms with Gasteiger partial charge in [0.1, 0.15) is 11.6 Å². The number of hydrogen-bond acceptors (Lipinski definition) is 5. The number of hydrogen-bond donors (Lipinski definition) is 2. The summed E-state index contributed by atoms with van der Waals surface area (Å²) >= 11 is 5.93. The second-order valence-corrected chi connectivity index (χ2v) is 6.92. The van der Waals surface area contributed by atoms with Crippen molar-refractivity contribution in [2.45, 2.75) is 33.4 Å². The maximum atomic E-state index is 5.93. The van der Waals surface area contributed by atoms with Crippen LogP contribution in [0.3, 0.4) is 0 Å². The number of benzene rings is 2. The van der Waals surface area contributed by atoms with Crippen LogP contribution in [0.15, 0.2) is 54.6 Å². The maximum absolute atomic E-state index is 5.93. The minimum atomic E-state index is 0.0942. The fourth-order valence-corrected chi connectivity index (χ4v) is 2.69. The van der Waals surface area contributed by atoms with Gasteiger partial charge in [-0.15, -0.1) is 0 Å². The van der Waals surface area contributed by atoms with E-state index >= 15 is 0 Å². The highest BCUT2D eigenvalue weighted by Gasteiger charge is 2.08. The van der Waals surface area contributed by atoms with E-state index in [2.05, 4.69) is 20.6 Å². The van der Waals surface area contributed by atoms with Gasteiger partial charge in [-0.1, -0.05) is 35.9 Å². The van der Waals surface area contributed by atoms with E-state index in [1.807, 2.05) is 75.4 Å². The first-order valence-corrected chi connectivity index (χ1v) is 9.24. The van der Waals surface area contributed by atoms with Crippen molar-refractivity contribution in [3.8, 4) is 5.75 Å². The van der Waals surface area contributed by atoms with Gasteiger partial charge in [-0.25, -0.2) is 4.98 Å². The summed E-state index contributed by atoms with van der Waals surface area (Å²) in [5, 5.41) is 7.31. The number of anilines is 3. The van der Waals surface area contributed by atoms with Crippen molar-refractivity contribution >= 4 is 29.1 Å². The molecule has 0 bridgehead atoms. The summed E-state index contributed by atoms with van der Waals surface area (Å²) < 4.78 is 5.86. The molecule has 5 nitrogen and oxygen atoms in total. The van der Waals surface area contributed by atoms with Crippen molar-refractivity contribution in [3.63, 3.8) is 0 Å². The van der Waals surface area contributed by atoms with E-state index in [1.165, 1.54) is 0 Å². The van der Waals surface area contributed by atoms with Crippen molar-refractivity contribution in [3.05, 3.63) is 70.9 Å². The third-order valence-electron chi connectivity index (χ3n) is 3.73. The van der Waals surface area contributed by atoms with Crippen LogP contribution in [0.4, 0.5) is 17.5 Å². The summed E-state index contributed by atoms with van der Waals surface area (Å²) in [4.78, 5) is 9.03. The van der Waals surface area contributed by atoms with Gasteiger partial charge in [0, 0.05) is 23.3 Å². The molecular formula is C21H23ClN4O. The highest BCUT2D eigenvalue weighted by molar-refractivity contribution is 6.30. The summed E-state index contributed by atoms with van der Waals surface area (Å²) in [5.41, 5.74) is 2.84. The lowest BCUT2D eigenvalue weighted by Gasteiger charge is -2.15. The molecule has 2 N–H and O–H groups in total. The van der Waals surface area contributed by atoms with Crippen LogP contribution in [0, 0.1) is 6.92 Å². The number of aromatic nitrogens is 2. The van der Waals surface area contributed by atoms with E-state index < -0.39 is 0 Å². The molecule has 140 valence electrons. The zero-order valence-electron chi connectivity index (χ0n) is 15.7. The molecule has 3 rings (SSSR count). The first kappa shape index (κ1) is 19.0. The molecule has 0 saturated heterocycles. The Balaban J connectivity index is 1.74. The number of aryl methyl sites for hydroxylation is 1. The van der Waals surface area contributed by atoms with Crippen LogP contribution in [0.2, 0.25) is 5.02 Å². The van der Waals surface area contributed by atoms with Crippen molar-refractivity contribution < 1.29 is 4.74 Å². The van der Waals surface area contributed by atoms with E-state index in [1.54, 1.807) is 0 Å². The van der Waals surface area contributed by atoms with E-state index in [9.17, 15) is 0 Å². The smallest absolute Gasteiger partial charge is 0.225 e. The maximum Gasteiger partial charge on any atom is 0.225 e. The third kappa shape index (κ3) is 5.59. The molecule has 0 aliphatic rings. The Morgan fingerprint density at radius 1 is 1.04 bits per heavy atom. The van der Waals surface area contributed by atoms with Gasteiger partial charge in [-0.05, 0) is 50.6 Å². The molecule has 0 aliphatic carbocycles. The summed E-state index contributed by atoms with van der Waals surface area (Å²) in [6.45, 7) is 6.57. The molecule has 1 aromatic heterocycles. The predicted molar refractivity (Wildman–Crippen MR) is 111 cm³/mol. The Bertz CT molecular complexity index is 897. The molecule has 0 aliphatic heterocycles. The zero-order chi connectivity index (χ0) is 19.2. The lowest BCUT2D eigenvalue weighted by Crippen LogP contribution is -2.09. The second-order valence-electron chi connectivity index (χ2n) is 6.49. The van der Waals surface area contributed by atoms with Crippen LogP contribution < -0.4 is 15.4 Å². The number of ether oxygens (including phenoxy) is 1. The second kappa shape index (κ2) is 8.73. The summed E-state index contributed by atoms with van der Waals surface area (Å²) in [7, 11) is 0. The van der Waals surface area contributed by atoms with Gasteiger partial charge >= 0.3 is 0 Å². The molecule has 3 aromatic rings. The molecule has 2 aromatic carbocycles. The van der Waals surface area contributed by atoms with Gasteiger partial charge in [0.15, 0.2) is 0 Å². The van der Waals surface area contributed by atoms with Crippen LogP contribution >= 0.6 is 11.6 Å². The standard InChI is InChI=1S/C21H23ClN4O/c1-14(2)27-19-7-5-4-6-18(19)25-20-12-15(3)24-21(26-20)23-13-16-8-10-17(22)11-9-16/h4-12,14H,13H2,1-3H3,(H2,23,24,25,26). The Morgan fingerprint density at radius 2 is 1.78 bits per heavy atom. The normalized spacial score (nSPS) is 10.7. The number of nitrogens with one attached hydrogen (secondary N) is 2. The number of nitrogens with zero attached hydrogens (tertiary/aromatic N) is 2. The molecule has 27 heavy (non-hydrogen) atoms. The first-order chi connectivity index (χ1) is 13.0. The molecule has 6 heteroatoms. The lowest BCUT2D eigenvalue weighted by atomic mass is 10.2. The van der Waals surface area contributed by atoms with E-state index in [4.69, 9.17) is 16.3 Å². The molecular weight excluding hydrogens is 360 g/mol. The number of rotatable bonds is 7. The van der Waals surface area contributed by atoms with Crippen LogP contribution in [0.25, 0.3) is 0 Å². The molecule has 0 radical (unpaired) electrons. The summed E-state index contributed by atoms with van der Waals surface area (Å²) in [5.74, 6) is 2.06. The molecule has 0 fully saturated rings. The van der Waals surface area contributed by atoms with Gasteiger partial charge in [0.05, 0.1) is 11.8 Å². The average molecular weight is 383 g/mol. The highest BCUT2D eigenvalue weighted by atomic mass is 35.5. The van der Waals surface area contributed by atoms with Gasteiger partial charge in [0.2, 0.25) is 5.95 Å². The Kier molecular flexibility index (Phi) is 6.14. The topological polar surface area (TPSA) is 59.1 Å². The first-order valence-electron chi connectivity index (χ1n) is 8.86. The van der Waals surface area contributed by atoms with Gasteiger partial charge < -0.3 is 15.4 Å². The molecule has 0 atom stereocenters. The minimum absolute atomic E-state index is 0.0942. The van der Waals surface area contributed by atoms with Crippen LogP contribution in [-0.2, 0) is 6.54 Å². The average Bonchev–Trinajstić information content (AvgIpc) is 2.62. The number of halogens is 1. The fourth-order valence-electron chi connectivity index (χ4n) is 2.56. The van der Waals surface area contributed by atoms with Crippen molar-refractivity contribution in [2.75, 3.05) is 10.6 Å². The van der Waals surface area contributed by atoms with E-state index in [-0.39, 0.29) is 6.10 Å². The Morgan fingerprint density at radius 3 is 2.52 bits per heavy atom. The SMILES string of the molecule is Cc1cc(Nc2ccccc2OC(C)C)nc(NCc2ccc(Cl)cc2)n1. The monoisotopic (exact) mass is 382 g/mol. The molecule has 0 amide bonds. The highest BCUT2D eigenvalue weighted by Crippen LogP contribution is 2.28. The van der Waals surface area contributed by atoms with Crippen molar-refractivity contribution in [2.24, 2.45) is 0 Å². The predicted octanol–water partition coefficient (Wildman–Crippen LogP) is 5.58. The fraction of sp³-hybridized carbons (Fsp3) is 0.238. The van der Waals surface area contributed by atoms with Crippen LogP contribution in [0.1, 0.15) is 25.1 Å². The molecule has 0 spiro atoms. The van der Waals surface area contributed by atoms with E-state index in [0.717, 1.165) is 27.7 Å². The molecule has 0 unspecified atom stereocenters. The Hall–Kier alpha value is -2.79. The van der Waals surface area contributed by atoms with Crippen molar-refractivity contribution in [1.82, 2.24) is 9.97 Å². The van der Waals surface area contributed by atoms with Gasteiger partial charge in [-0.2, -0.15) is 4.98 Å². The van der Waals surface area contributed by atoms with Crippen LogP contribution in [0.5, 0.6) is 5.75 Å². The van der Waals surface area contributed by atoms with Crippen LogP contribution in [-0.4, -0.2) is 16.1 Å². The van der Waals surface area contributed by atoms with Gasteiger partial charge in [-0.3, -0.25) is 0 Å². The van der Waals surface area contributed by atoms with E-state index in [0.29, 0.717) is 18.3 Å².